The van der Waals surface area contributed by atoms with Crippen LogP contribution in [0.1, 0.15) is 39.2 Å². The highest BCUT2D eigenvalue weighted by atomic mass is 19.4. The van der Waals surface area contributed by atoms with Crippen LogP contribution in [0, 0.1) is 17.1 Å². The second-order valence-electron chi connectivity index (χ2n) is 10.7. The van der Waals surface area contributed by atoms with Gasteiger partial charge in [0.2, 0.25) is 0 Å². The average Bonchev–Trinajstić information content (AvgIpc) is 3.02. The third-order valence-electron chi connectivity index (χ3n) is 7.60. The van der Waals surface area contributed by atoms with Gasteiger partial charge in [-0.05, 0) is 42.0 Å². The fraction of sp³-hybridized carbons (Fsp3) is 0.258. The highest BCUT2D eigenvalue weighted by Gasteiger charge is 2.38. The van der Waals surface area contributed by atoms with Crippen molar-refractivity contribution in [1.29, 1.82) is 5.26 Å². The van der Waals surface area contributed by atoms with Crippen molar-refractivity contribution in [3.8, 4) is 6.07 Å². The molecule has 3 amide bonds. The monoisotopic (exact) mass is 660 g/mol. The number of nitrogens with one attached hydrogen (secondary N) is 2. The van der Waals surface area contributed by atoms with Crippen molar-refractivity contribution >= 4 is 28.4 Å². The van der Waals surface area contributed by atoms with Crippen molar-refractivity contribution in [1.82, 2.24) is 20.0 Å². The van der Waals surface area contributed by atoms with E-state index >= 15 is 4.39 Å². The van der Waals surface area contributed by atoms with Gasteiger partial charge in [0.05, 0.1) is 46.3 Å². The summed E-state index contributed by atoms with van der Waals surface area (Å²) < 4.78 is 94.6. The number of fused-ring (bicyclic) bond motifs is 1. The van der Waals surface area contributed by atoms with Gasteiger partial charge in [0.25, 0.3) is 11.5 Å². The first-order valence-electron chi connectivity index (χ1n) is 13.9. The number of halogens is 7. The van der Waals surface area contributed by atoms with E-state index in [-0.39, 0.29) is 44.1 Å². The molecule has 2 heterocycles. The van der Waals surface area contributed by atoms with E-state index in [2.05, 4.69) is 10.2 Å². The number of H-pyrrole nitrogens is 1. The van der Waals surface area contributed by atoms with Gasteiger partial charge in [-0.3, -0.25) is 9.59 Å². The molecule has 0 saturated carbocycles. The normalized spacial score (nSPS) is 15.4. The number of nitrogens with zero attached hydrogens (tertiary/aromatic N) is 4. The van der Waals surface area contributed by atoms with Crippen LogP contribution >= 0.6 is 0 Å². The van der Waals surface area contributed by atoms with Crippen LogP contribution in [0.25, 0.3) is 10.8 Å². The number of aromatic amines is 1. The minimum atomic E-state index is -5.12. The van der Waals surface area contributed by atoms with E-state index in [1.807, 2.05) is 11.4 Å². The summed E-state index contributed by atoms with van der Waals surface area (Å²) in [6.45, 7) is -0.755. The van der Waals surface area contributed by atoms with E-state index in [1.165, 1.54) is 17.0 Å². The molecule has 3 aromatic carbocycles. The molecule has 1 saturated heterocycles. The number of hydrogen-bond donors (Lipinski definition) is 2. The number of rotatable bonds is 5. The SMILES string of the molecule is N#CC[C@@H]1CN(C(=O)Nc2cc(C(F)(F)F)cc(C(F)(F)F)c2)CCN1C(=O)c1cc(Cc2n[nH]c(=O)c3ccccc23)ccc1F. The van der Waals surface area contributed by atoms with Crippen LogP contribution in [-0.4, -0.2) is 57.6 Å². The lowest BCUT2D eigenvalue weighted by Gasteiger charge is -2.40. The molecule has 4 aromatic rings. The molecule has 0 radical (unpaired) electrons. The van der Waals surface area contributed by atoms with Crippen molar-refractivity contribution in [2.45, 2.75) is 31.2 Å². The van der Waals surface area contributed by atoms with Crippen LogP contribution in [0.15, 0.2) is 65.5 Å². The van der Waals surface area contributed by atoms with E-state index < -0.39 is 58.5 Å². The highest BCUT2D eigenvalue weighted by molar-refractivity contribution is 5.95. The summed E-state index contributed by atoms with van der Waals surface area (Å²) in [6.07, 6.45) is -10.4. The van der Waals surface area contributed by atoms with E-state index in [0.717, 1.165) is 11.0 Å². The topological polar surface area (TPSA) is 122 Å². The summed E-state index contributed by atoms with van der Waals surface area (Å²) in [5.41, 5.74) is -3.76. The molecule has 1 atom stereocenters. The number of alkyl halides is 6. The Labute approximate surface area is 261 Å². The van der Waals surface area contributed by atoms with Gasteiger partial charge in [0, 0.05) is 37.1 Å². The van der Waals surface area contributed by atoms with Gasteiger partial charge in [-0.2, -0.15) is 36.7 Å². The number of nitriles is 1. The number of benzene rings is 3. The fourth-order valence-electron chi connectivity index (χ4n) is 5.32. The Morgan fingerprint density at radius 1 is 0.957 bits per heavy atom. The Bertz CT molecular complexity index is 1920. The molecular formula is C31H23F7N6O3. The maximum atomic E-state index is 15.0. The Morgan fingerprint density at radius 3 is 2.26 bits per heavy atom. The maximum absolute atomic E-state index is 15.0. The minimum absolute atomic E-state index is 0.0730. The summed E-state index contributed by atoms with van der Waals surface area (Å²) in [6, 6.07) is 11.1. The van der Waals surface area contributed by atoms with Crippen molar-refractivity contribution in [3.63, 3.8) is 0 Å². The van der Waals surface area contributed by atoms with E-state index in [0.29, 0.717) is 34.2 Å². The number of aromatic nitrogens is 2. The zero-order valence-corrected chi connectivity index (χ0v) is 24.0. The van der Waals surface area contributed by atoms with Crippen molar-refractivity contribution < 1.29 is 40.3 Å². The van der Waals surface area contributed by atoms with Crippen molar-refractivity contribution in [2.24, 2.45) is 0 Å². The first kappa shape index (κ1) is 32.9. The molecule has 0 unspecified atom stereocenters. The molecule has 47 heavy (non-hydrogen) atoms. The Kier molecular flexibility index (Phi) is 8.92. The third-order valence-corrected chi connectivity index (χ3v) is 7.60. The Morgan fingerprint density at radius 2 is 1.62 bits per heavy atom. The summed E-state index contributed by atoms with van der Waals surface area (Å²) in [7, 11) is 0. The van der Waals surface area contributed by atoms with Crippen LogP contribution in [0.3, 0.4) is 0 Å². The van der Waals surface area contributed by atoms with Gasteiger partial charge in [0.1, 0.15) is 5.82 Å². The Hall–Kier alpha value is -5.46. The number of amides is 3. The predicted octanol–water partition coefficient (Wildman–Crippen LogP) is 5.96. The molecule has 244 valence electrons. The van der Waals surface area contributed by atoms with Crippen molar-refractivity contribution in [2.75, 3.05) is 25.0 Å². The lowest BCUT2D eigenvalue weighted by Crippen LogP contribution is -2.57. The summed E-state index contributed by atoms with van der Waals surface area (Å²) >= 11 is 0. The second kappa shape index (κ2) is 12.7. The average molecular weight is 661 g/mol. The first-order valence-corrected chi connectivity index (χ1v) is 13.9. The van der Waals surface area contributed by atoms with Gasteiger partial charge in [-0.1, -0.05) is 24.3 Å². The quantitative estimate of drug-likeness (QED) is 0.256. The largest absolute Gasteiger partial charge is 0.416 e. The number of hydrogen-bond acceptors (Lipinski definition) is 5. The first-order chi connectivity index (χ1) is 22.2. The molecule has 0 bridgehead atoms. The number of urea groups is 1. The molecule has 9 nitrogen and oxygen atoms in total. The highest BCUT2D eigenvalue weighted by Crippen LogP contribution is 2.37. The molecule has 1 aromatic heterocycles. The molecule has 0 aliphatic carbocycles. The third kappa shape index (κ3) is 7.19. The van der Waals surface area contributed by atoms with Crippen LogP contribution in [-0.2, 0) is 18.8 Å². The number of piperazine rings is 1. The minimum Gasteiger partial charge on any atom is -0.331 e. The molecule has 16 heteroatoms. The number of carbonyl (C=O) groups excluding carboxylic acids is 2. The van der Waals surface area contributed by atoms with Gasteiger partial charge < -0.3 is 15.1 Å². The lowest BCUT2D eigenvalue weighted by atomic mass is 10.0. The van der Waals surface area contributed by atoms with E-state index in [9.17, 15) is 46.0 Å². The molecule has 1 fully saturated rings. The predicted molar refractivity (Wildman–Crippen MR) is 154 cm³/mol. The number of anilines is 1. The molecule has 1 aliphatic heterocycles. The molecule has 2 N–H and O–H groups in total. The molecule has 1 aliphatic rings. The van der Waals surface area contributed by atoms with Gasteiger partial charge in [-0.25, -0.2) is 14.3 Å². The summed E-state index contributed by atoms with van der Waals surface area (Å²) in [4.78, 5) is 40.9. The van der Waals surface area contributed by atoms with Crippen LogP contribution < -0.4 is 10.9 Å². The van der Waals surface area contributed by atoms with E-state index in [1.54, 1.807) is 24.3 Å². The summed E-state index contributed by atoms with van der Waals surface area (Å²) in [5, 5.41) is 18.9. The van der Waals surface area contributed by atoms with E-state index in [4.69, 9.17) is 0 Å². The smallest absolute Gasteiger partial charge is 0.331 e. The van der Waals surface area contributed by atoms with Crippen molar-refractivity contribution in [3.05, 3.63) is 105 Å². The second-order valence-corrected chi connectivity index (χ2v) is 10.7. The standard InChI is InChI=1S/C31H23F7N6O3/c32-25-6-5-17(12-26-22-3-1-2-4-23(22)27(45)42-41-26)11-24(25)28(46)44-10-9-43(16-21(44)7-8-39)29(47)40-20-14-18(30(33,34)35)13-19(15-20)31(36,37)38/h1-6,11,13-15,21H,7,9-10,12,16H2,(H,40,47)(H,42,45)/t21-/m1/s1. The molecule has 5 rings (SSSR count). The fourth-order valence-corrected chi connectivity index (χ4v) is 5.32. The zero-order valence-electron chi connectivity index (χ0n) is 24.0. The lowest BCUT2D eigenvalue weighted by molar-refractivity contribution is -0.143. The van der Waals surface area contributed by atoms with Gasteiger partial charge in [0.15, 0.2) is 0 Å². The van der Waals surface area contributed by atoms with Crippen LogP contribution in [0.2, 0.25) is 0 Å². The Balaban J connectivity index is 1.34. The van der Waals surface area contributed by atoms with Crippen LogP contribution in [0.5, 0.6) is 0 Å². The number of carbonyl (C=O) groups is 2. The maximum Gasteiger partial charge on any atom is 0.416 e. The zero-order chi connectivity index (χ0) is 34.1. The van der Waals surface area contributed by atoms with Gasteiger partial charge >= 0.3 is 18.4 Å². The molecular weight excluding hydrogens is 637 g/mol. The molecule has 0 spiro atoms. The van der Waals surface area contributed by atoms with Gasteiger partial charge in [-0.15, -0.1) is 0 Å². The van der Waals surface area contributed by atoms with Crippen LogP contribution in [0.4, 0.5) is 41.2 Å². The summed E-state index contributed by atoms with van der Waals surface area (Å²) in [5.74, 6) is -1.66.